The van der Waals surface area contributed by atoms with Crippen LogP contribution in [0, 0.1) is 25.7 Å². The first kappa shape index (κ1) is 12.0. The second-order valence-corrected chi connectivity index (χ2v) is 6.16. The van der Waals surface area contributed by atoms with Gasteiger partial charge in [0.1, 0.15) is 5.75 Å². The molecule has 2 aliphatic rings. The molecule has 0 aromatic heterocycles. The maximum atomic E-state index is 9.78. The molecule has 0 unspecified atom stereocenters. The monoisotopic (exact) mass is 245 g/mol. The molecular formula is C16H23NO. The highest BCUT2D eigenvalue weighted by atomic mass is 16.3. The first-order valence-electron chi connectivity index (χ1n) is 7.17. The normalized spacial score (nSPS) is 19.5. The largest absolute Gasteiger partial charge is 0.507 e. The molecule has 2 fully saturated rings. The minimum Gasteiger partial charge on any atom is -0.507 e. The lowest BCUT2D eigenvalue weighted by Gasteiger charge is -2.18. The van der Waals surface area contributed by atoms with Gasteiger partial charge in [0.2, 0.25) is 0 Å². The van der Waals surface area contributed by atoms with Gasteiger partial charge in [-0.3, -0.25) is 0 Å². The molecule has 0 spiro atoms. The van der Waals surface area contributed by atoms with Crippen molar-refractivity contribution in [1.29, 1.82) is 0 Å². The maximum Gasteiger partial charge on any atom is 0.121 e. The molecule has 1 aromatic rings. The molecule has 2 saturated carbocycles. The second-order valence-electron chi connectivity index (χ2n) is 6.16. The molecule has 3 rings (SSSR count). The van der Waals surface area contributed by atoms with Crippen LogP contribution in [0.5, 0.6) is 5.75 Å². The third kappa shape index (κ3) is 2.54. The van der Waals surface area contributed by atoms with Crippen molar-refractivity contribution in [2.75, 3.05) is 0 Å². The predicted octanol–water partition coefficient (Wildman–Crippen LogP) is 3.29. The zero-order valence-corrected chi connectivity index (χ0v) is 11.4. The Hall–Kier alpha value is -1.02. The van der Waals surface area contributed by atoms with Crippen LogP contribution in [-0.2, 0) is 6.54 Å². The molecule has 2 N–H and O–H groups in total. The average molecular weight is 245 g/mol. The Morgan fingerprint density at radius 2 is 1.61 bits per heavy atom. The van der Waals surface area contributed by atoms with Crippen molar-refractivity contribution in [3.8, 4) is 5.75 Å². The Balaban J connectivity index is 1.65. The molecule has 0 saturated heterocycles. The highest BCUT2D eigenvalue weighted by Crippen LogP contribution is 2.44. The minimum atomic E-state index is 0.444. The summed E-state index contributed by atoms with van der Waals surface area (Å²) in [6, 6.07) is 4.96. The molecule has 98 valence electrons. The standard InChI is InChI=1S/C16H23NO/c1-10-7-12(8-11(2)16(10)18)9-17-15(13-3-4-13)14-5-6-14/h7-8,13-15,17-18H,3-6,9H2,1-2H3. The molecule has 0 aliphatic heterocycles. The highest BCUT2D eigenvalue weighted by Gasteiger charge is 2.40. The Kier molecular flexibility index (Phi) is 3.06. The third-order valence-electron chi connectivity index (χ3n) is 4.35. The second kappa shape index (κ2) is 4.58. The van der Waals surface area contributed by atoms with Crippen LogP contribution < -0.4 is 5.32 Å². The van der Waals surface area contributed by atoms with E-state index in [1.54, 1.807) is 0 Å². The number of phenols is 1. The summed E-state index contributed by atoms with van der Waals surface area (Å²) in [4.78, 5) is 0. The van der Waals surface area contributed by atoms with Crippen molar-refractivity contribution < 1.29 is 5.11 Å². The lowest BCUT2D eigenvalue weighted by atomic mass is 10.0. The van der Waals surface area contributed by atoms with E-state index in [1.807, 2.05) is 13.8 Å². The van der Waals surface area contributed by atoms with Crippen molar-refractivity contribution in [3.05, 3.63) is 28.8 Å². The molecule has 0 atom stereocenters. The zero-order chi connectivity index (χ0) is 12.7. The van der Waals surface area contributed by atoms with E-state index in [0.29, 0.717) is 5.75 Å². The van der Waals surface area contributed by atoms with Crippen molar-refractivity contribution in [1.82, 2.24) is 5.32 Å². The summed E-state index contributed by atoms with van der Waals surface area (Å²) in [5.74, 6) is 2.33. The van der Waals surface area contributed by atoms with Crippen LogP contribution in [-0.4, -0.2) is 11.1 Å². The number of nitrogens with one attached hydrogen (secondary N) is 1. The van der Waals surface area contributed by atoms with Gasteiger partial charge in [0.25, 0.3) is 0 Å². The number of aromatic hydroxyl groups is 1. The first-order valence-corrected chi connectivity index (χ1v) is 7.17. The molecule has 2 aliphatic carbocycles. The molecule has 0 heterocycles. The van der Waals surface area contributed by atoms with Gasteiger partial charge in [0.05, 0.1) is 0 Å². The summed E-state index contributed by atoms with van der Waals surface area (Å²) in [6.07, 6.45) is 5.67. The molecular weight excluding hydrogens is 222 g/mol. The van der Waals surface area contributed by atoms with Gasteiger partial charge in [-0.2, -0.15) is 0 Å². The third-order valence-corrected chi connectivity index (χ3v) is 4.35. The number of aryl methyl sites for hydroxylation is 2. The topological polar surface area (TPSA) is 32.3 Å². The Bertz CT molecular complexity index is 411. The molecule has 0 amide bonds. The van der Waals surface area contributed by atoms with Gasteiger partial charge in [-0.15, -0.1) is 0 Å². The molecule has 2 heteroatoms. The van der Waals surface area contributed by atoms with Gasteiger partial charge in [0, 0.05) is 12.6 Å². The van der Waals surface area contributed by atoms with Crippen LogP contribution in [0.3, 0.4) is 0 Å². The van der Waals surface area contributed by atoms with Gasteiger partial charge in [0.15, 0.2) is 0 Å². The SMILES string of the molecule is Cc1cc(CNC(C2CC2)C2CC2)cc(C)c1O. The van der Waals surface area contributed by atoms with Gasteiger partial charge in [-0.05, 0) is 68.1 Å². The van der Waals surface area contributed by atoms with Crippen LogP contribution in [0.1, 0.15) is 42.4 Å². The highest BCUT2D eigenvalue weighted by molar-refractivity contribution is 5.42. The van der Waals surface area contributed by atoms with Gasteiger partial charge < -0.3 is 10.4 Å². The van der Waals surface area contributed by atoms with Crippen LogP contribution in [0.15, 0.2) is 12.1 Å². The number of phenolic OH excluding ortho intramolecular Hbond substituents is 1. The van der Waals surface area contributed by atoms with Gasteiger partial charge >= 0.3 is 0 Å². The quantitative estimate of drug-likeness (QED) is 0.834. The minimum absolute atomic E-state index is 0.444. The van der Waals surface area contributed by atoms with Crippen molar-refractivity contribution >= 4 is 0 Å². The van der Waals surface area contributed by atoms with Crippen LogP contribution >= 0.6 is 0 Å². The molecule has 18 heavy (non-hydrogen) atoms. The molecule has 0 radical (unpaired) electrons. The van der Waals surface area contributed by atoms with E-state index in [9.17, 15) is 5.11 Å². The summed E-state index contributed by atoms with van der Waals surface area (Å²) in [5.41, 5.74) is 3.27. The number of benzene rings is 1. The lowest BCUT2D eigenvalue weighted by Crippen LogP contribution is -2.32. The van der Waals surface area contributed by atoms with Gasteiger partial charge in [-0.25, -0.2) is 0 Å². The summed E-state index contributed by atoms with van der Waals surface area (Å²) in [6.45, 7) is 4.90. The van der Waals surface area contributed by atoms with Crippen LogP contribution in [0.4, 0.5) is 0 Å². The Morgan fingerprint density at radius 3 is 2.06 bits per heavy atom. The van der Waals surface area contributed by atoms with E-state index in [0.717, 1.165) is 35.5 Å². The predicted molar refractivity (Wildman–Crippen MR) is 73.7 cm³/mol. The number of hydrogen-bond acceptors (Lipinski definition) is 2. The fourth-order valence-electron chi connectivity index (χ4n) is 3.01. The van der Waals surface area contributed by atoms with E-state index in [1.165, 1.54) is 31.2 Å². The molecule has 1 aromatic carbocycles. The Morgan fingerprint density at radius 1 is 1.11 bits per heavy atom. The van der Waals surface area contributed by atoms with Crippen LogP contribution in [0.25, 0.3) is 0 Å². The maximum absolute atomic E-state index is 9.78. The van der Waals surface area contributed by atoms with Crippen molar-refractivity contribution in [2.45, 2.75) is 52.1 Å². The smallest absolute Gasteiger partial charge is 0.121 e. The fourth-order valence-corrected chi connectivity index (χ4v) is 3.01. The van der Waals surface area contributed by atoms with Crippen molar-refractivity contribution in [3.63, 3.8) is 0 Å². The van der Waals surface area contributed by atoms with Crippen LogP contribution in [0.2, 0.25) is 0 Å². The summed E-state index contributed by atoms with van der Waals surface area (Å²) in [7, 11) is 0. The van der Waals surface area contributed by atoms with E-state index >= 15 is 0 Å². The summed E-state index contributed by atoms with van der Waals surface area (Å²) < 4.78 is 0. The zero-order valence-electron chi connectivity index (χ0n) is 11.4. The fraction of sp³-hybridized carbons (Fsp3) is 0.625. The summed E-state index contributed by atoms with van der Waals surface area (Å²) >= 11 is 0. The van der Waals surface area contributed by atoms with E-state index < -0.39 is 0 Å². The summed E-state index contributed by atoms with van der Waals surface area (Å²) in [5, 5.41) is 13.5. The number of hydrogen-bond donors (Lipinski definition) is 2. The molecule has 2 nitrogen and oxygen atoms in total. The van der Waals surface area contributed by atoms with Gasteiger partial charge in [-0.1, -0.05) is 12.1 Å². The van der Waals surface area contributed by atoms with Crippen molar-refractivity contribution in [2.24, 2.45) is 11.8 Å². The van der Waals surface area contributed by atoms with E-state index in [-0.39, 0.29) is 0 Å². The van der Waals surface area contributed by atoms with E-state index in [4.69, 9.17) is 0 Å². The first-order chi connectivity index (χ1) is 8.65. The molecule has 0 bridgehead atoms. The van der Waals surface area contributed by atoms with E-state index in [2.05, 4.69) is 17.4 Å². The average Bonchev–Trinajstić information content (AvgIpc) is 3.18. The lowest BCUT2D eigenvalue weighted by molar-refractivity contribution is 0.415. The number of rotatable bonds is 5. The Labute approximate surface area is 109 Å².